The van der Waals surface area contributed by atoms with Crippen molar-refractivity contribution in [3.05, 3.63) is 71.3 Å². The molecule has 0 radical (unpaired) electrons. The summed E-state index contributed by atoms with van der Waals surface area (Å²) in [6.45, 7) is 9.94. The first-order valence-electron chi connectivity index (χ1n) is 11.4. The van der Waals surface area contributed by atoms with E-state index in [1.807, 2.05) is 24.3 Å². The van der Waals surface area contributed by atoms with Gasteiger partial charge in [-0.3, -0.25) is 15.6 Å². The summed E-state index contributed by atoms with van der Waals surface area (Å²) < 4.78 is 0. The van der Waals surface area contributed by atoms with Crippen molar-refractivity contribution in [2.45, 2.75) is 58.0 Å². The quantitative estimate of drug-likeness (QED) is 0.671. The first kappa shape index (κ1) is 22.4. The van der Waals surface area contributed by atoms with Crippen molar-refractivity contribution in [3.8, 4) is 0 Å². The van der Waals surface area contributed by atoms with Crippen LogP contribution in [0.3, 0.4) is 0 Å². The average molecular weight is 436 g/mol. The highest BCUT2D eigenvalue weighted by atomic mass is 16.7. The lowest BCUT2D eigenvalue weighted by atomic mass is 9.86. The molecule has 0 unspecified atom stereocenters. The molecular weight excluding hydrogens is 402 g/mol. The van der Waals surface area contributed by atoms with E-state index >= 15 is 0 Å². The lowest BCUT2D eigenvalue weighted by molar-refractivity contribution is -0.153. The van der Waals surface area contributed by atoms with Crippen molar-refractivity contribution in [1.82, 2.24) is 10.5 Å². The smallest absolute Gasteiger partial charge is 0.351 e. The van der Waals surface area contributed by atoms with Crippen LogP contribution in [0.5, 0.6) is 0 Å². The normalized spacial score (nSPS) is 18.2. The first-order valence-corrected chi connectivity index (χ1v) is 11.4. The molecule has 1 spiro atoms. The van der Waals surface area contributed by atoms with E-state index in [0.29, 0.717) is 13.1 Å². The molecule has 2 N–H and O–H groups in total. The fraction of sp³-hybridized carbons (Fsp3) is 0.423. The van der Waals surface area contributed by atoms with Gasteiger partial charge in [-0.25, -0.2) is 4.79 Å². The number of nitrogens with one attached hydrogen (secondary N) is 2. The molecule has 1 saturated heterocycles. The van der Waals surface area contributed by atoms with Crippen LogP contribution in [-0.4, -0.2) is 29.8 Å². The standard InChI is InChI=1S/C26H33N3O3/c1-5-19-7-6-8-22(17-19)27-24(30)31-29-15-13-26(14-16-29)18-23(28-32-26)20-9-11-21(12-10-20)25(2,3)4/h6-12,17-18,28H,5,13-16H2,1-4H3,(H,27,30). The second kappa shape index (κ2) is 8.96. The molecule has 1 amide bonds. The predicted octanol–water partition coefficient (Wildman–Crippen LogP) is 5.42. The zero-order valence-electron chi connectivity index (χ0n) is 19.4. The number of piperidine rings is 1. The molecule has 0 aromatic heterocycles. The van der Waals surface area contributed by atoms with Gasteiger partial charge < -0.3 is 4.84 Å². The number of rotatable bonds is 4. The van der Waals surface area contributed by atoms with Crippen molar-refractivity contribution >= 4 is 17.5 Å². The van der Waals surface area contributed by atoms with Crippen molar-refractivity contribution < 1.29 is 14.5 Å². The van der Waals surface area contributed by atoms with Crippen molar-refractivity contribution in [2.24, 2.45) is 0 Å². The van der Waals surface area contributed by atoms with Crippen LogP contribution in [0.2, 0.25) is 0 Å². The number of anilines is 1. The third-order valence-electron chi connectivity index (χ3n) is 6.20. The third-order valence-corrected chi connectivity index (χ3v) is 6.20. The molecule has 4 rings (SSSR count). The van der Waals surface area contributed by atoms with Gasteiger partial charge in [0, 0.05) is 18.8 Å². The Hall–Kier alpha value is -2.83. The van der Waals surface area contributed by atoms with E-state index in [4.69, 9.17) is 9.68 Å². The van der Waals surface area contributed by atoms with E-state index in [1.54, 1.807) is 5.06 Å². The SMILES string of the molecule is CCc1cccc(NC(=O)ON2CCC3(C=C(c4ccc(C(C)(C)C)cc4)NO3)CC2)c1. The maximum atomic E-state index is 12.3. The minimum atomic E-state index is -0.463. The molecule has 0 aliphatic carbocycles. The van der Waals surface area contributed by atoms with Crippen LogP contribution >= 0.6 is 0 Å². The summed E-state index contributed by atoms with van der Waals surface area (Å²) in [6, 6.07) is 16.4. The zero-order chi connectivity index (χ0) is 22.8. The summed E-state index contributed by atoms with van der Waals surface area (Å²) in [5.41, 5.74) is 8.20. The molecule has 0 saturated carbocycles. The number of aryl methyl sites for hydroxylation is 1. The number of carbonyl (C=O) groups excluding carboxylic acids is 1. The van der Waals surface area contributed by atoms with Crippen LogP contribution < -0.4 is 10.8 Å². The highest BCUT2D eigenvalue weighted by Gasteiger charge is 2.39. The molecule has 32 heavy (non-hydrogen) atoms. The Kier molecular flexibility index (Phi) is 6.26. The Bertz CT molecular complexity index is 984. The van der Waals surface area contributed by atoms with Gasteiger partial charge in [-0.1, -0.05) is 64.1 Å². The van der Waals surface area contributed by atoms with Crippen LogP contribution in [0.15, 0.2) is 54.6 Å². The van der Waals surface area contributed by atoms with E-state index in [1.165, 1.54) is 11.1 Å². The number of nitrogens with zero attached hydrogens (tertiary/aromatic N) is 1. The van der Waals surface area contributed by atoms with E-state index in [2.05, 4.69) is 68.8 Å². The molecule has 170 valence electrons. The van der Waals surface area contributed by atoms with Gasteiger partial charge in [0.1, 0.15) is 5.60 Å². The van der Waals surface area contributed by atoms with Crippen molar-refractivity contribution in [3.63, 3.8) is 0 Å². The Morgan fingerprint density at radius 2 is 1.88 bits per heavy atom. The lowest BCUT2D eigenvalue weighted by Crippen LogP contribution is -2.45. The summed E-state index contributed by atoms with van der Waals surface area (Å²) in [4.78, 5) is 23.8. The molecular formula is C26H33N3O3. The number of hydroxylamine groups is 3. The number of hydrogen-bond acceptors (Lipinski definition) is 5. The molecule has 0 bridgehead atoms. The summed E-state index contributed by atoms with van der Waals surface area (Å²) in [6.07, 6.45) is 4.11. The maximum absolute atomic E-state index is 12.3. The van der Waals surface area contributed by atoms with Gasteiger partial charge in [-0.2, -0.15) is 0 Å². The molecule has 2 aliphatic rings. The Balaban J connectivity index is 1.32. The molecule has 6 nitrogen and oxygen atoms in total. The minimum absolute atomic E-state index is 0.131. The van der Waals surface area contributed by atoms with Crippen molar-refractivity contribution in [1.29, 1.82) is 0 Å². The highest BCUT2D eigenvalue weighted by molar-refractivity contribution is 5.84. The van der Waals surface area contributed by atoms with Gasteiger partial charge >= 0.3 is 6.09 Å². The van der Waals surface area contributed by atoms with Gasteiger partial charge in [0.05, 0.1) is 5.70 Å². The summed E-state index contributed by atoms with van der Waals surface area (Å²) in [5.74, 6) is 0. The van der Waals surface area contributed by atoms with Gasteiger partial charge in [0.15, 0.2) is 0 Å². The predicted molar refractivity (Wildman–Crippen MR) is 127 cm³/mol. The molecule has 2 aromatic carbocycles. The van der Waals surface area contributed by atoms with Gasteiger partial charge in [-0.15, -0.1) is 5.06 Å². The molecule has 2 aliphatic heterocycles. The fourth-order valence-electron chi connectivity index (χ4n) is 4.10. The average Bonchev–Trinajstić information content (AvgIpc) is 3.19. The summed E-state index contributed by atoms with van der Waals surface area (Å²) >= 11 is 0. The Morgan fingerprint density at radius 3 is 2.53 bits per heavy atom. The van der Waals surface area contributed by atoms with Gasteiger partial charge in [-0.05, 0) is 59.6 Å². The van der Waals surface area contributed by atoms with E-state index in [-0.39, 0.29) is 11.0 Å². The third kappa shape index (κ3) is 5.14. The molecule has 0 atom stereocenters. The number of hydrogen-bond donors (Lipinski definition) is 2. The van der Waals surface area contributed by atoms with Crippen LogP contribution in [-0.2, 0) is 21.5 Å². The summed E-state index contributed by atoms with van der Waals surface area (Å²) in [5, 5.41) is 4.52. The van der Waals surface area contributed by atoms with Crippen LogP contribution in [0.4, 0.5) is 10.5 Å². The molecule has 6 heteroatoms. The van der Waals surface area contributed by atoms with Crippen molar-refractivity contribution in [2.75, 3.05) is 18.4 Å². The Morgan fingerprint density at radius 1 is 1.16 bits per heavy atom. The number of carbonyl (C=O) groups is 1. The molecule has 1 fully saturated rings. The number of benzene rings is 2. The molecule has 2 aromatic rings. The minimum Gasteiger partial charge on any atom is -0.351 e. The van der Waals surface area contributed by atoms with Gasteiger partial charge in [0.25, 0.3) is 0 Å². The second-order valence-electron chi connectivity index (χ2n) is 9.64. The Labute approximate surface area is 190 Å². The highest BCUT2D eigenvalue weighted by Crippen LogP contribution is 2.35. The van der Waals surface area contributed by atoms with Crippen LogP contribution in [0.1, 0.15) is 57.2 Å². The first-order chi connectivity index (χ1) is 15.3. The van der Waals surface area contributed by atoms with E-state index in [9.17, 15) is 4.79 Å². The largest absolute Gasteiger partial charge is 0.430 e. The second-order valence-corrected chi connectivity index (χ2v) is 9.64. The summed E-state index contributed by atoms with van der Waals surface area (Å²) in [7, 11) is 0. The topological polar surface area (TPSA) is 62.8 Å². The van der Waals surface area contributed by atoms with E-state index < -0.39 is 6.09 Å². The fourth-order valence-corrected chi connectivity index (χ4v) is 4.10. The van der Waals surface area contributed by atoms with Crippen LogP contribution in [0, 0.1) is 0 Å². The van der Waals surface area contributed by atoms with Crippen LogP contribution in [0.25, 0.3) is 5.70 Å². The molecule has 2 heterocycles. The monoisotopic (exact) mass is 435 g/mol. The van der Waals surface area contributed by atoms with E-state index in [0.717, 1.165) is 36.2 Å². The maximum Gasteiger partial charge on any atom is 0.430 e. The zero-order valence-corrected chi connectivity index (χ0v) is 19.4. The van der Waals surface area contributed by atoms with Gasteiger partial charge in [0.2, 0.25) is 0 Å². The lowest BCUT2D eigenvalue weighted by Gasteiger charge is -2.35. The number of amides is 1.